The summed E-state index contributed by atoms with van der Waals surface area (Å²) in [5, 5.41) is 18.0. The van der Waals surface area contributed by atoms with Crippen LogP contribution in [-0.2, 0) is 22.6 Å². The van der Waals surface area contributed by atoms with E-state index < -0.39 is 6.10 Å². The van der Waals surface area contributed by atoms with Gasteiger partial charge in [-0.2, -0.15) is 5.10 Å². The highest BCUT2D eigenvalue weighted by Crippen LogP contribution is 2.19. The number of nitrogens with one attached hydrogen (secondary N) is 1. The summed E-state index contributed by atoms with van der Waals surface area (Å²) < 4.78 is 12.6. The largest absolute Gasteiger partial charge is 0.491 e. The van der Waals surface area contributed by atoms with Crippen LogP contribution in [0.3, 0.4) is 0 Å². The molecule has 3 rings (SSSR count). The number of hydrogen-bond acceptors (Lipinski definition) is 7. The highest BCUT2D eigenvalue weighted by Gasteiger charge is 2.26. The summed E-state index contributed by atoms with van der Waals surface area (Å²) in [7, 11) is 1.43. The summed E-state index contributed by atoms with van der Waals surface area (Å²) in [6.07, 6.45) is 5.76. The average Bonchev–Trinajstić information content (AvgIpc) is 3.31. The van der Waals surface area contributed by atoms with E-state index in [2.05, 4.69) is 21.4 Å². The van der Waals surface area contributed by atoms with Crippen LogP contribution in [0, 0.1) is 5.92 Å². The molecule has 1 saturated heterocycles. The van der Waals surface area contributed by atoms with E-state index in [4.69, 9.17) is 9.47 Å². The lowest BCUT2D eigenvalue weighted by Crippen LogP contribution is -2.42. The van der Waals surface area contributed by atoms with Crippen molar-refractivity contribution in [2.24, 2.45) is 5.92 Å². The molecule has 0 aliphatic carbocycles. The summed E-state index contributed by atoms with van der Waals surface area (Å²) in [6.45, 7) is 4.96. The number of piperidine rings is 1. The first-order valence-corrected chi connectivity index (χ1v) is 11.0. The zero-order valence-electron chi connectivity index (χ0n) is 18.3. The second-order valence-corrected chi connectivity index (χ2v) is 8.01. The summed E-state index contributed by atoms with van der Waals surface area (Å²) in [6, 6.07) is 9.89. The molecule has 170 valence electrons. The third kappa shape index (κ3) is 7.97. The quantitative estimate of drug-likeness (QED) is 0.391. The highest BCUT2D eigenvalue weighted by molar-refractivity contribution is 5.72. The van der Waals surface area contributed by atoms with E-state index in [1.807, 2.05) is 35.1 Å². The normalized spacial score (nSPS) is 16.2. The predicted molar refractivity (Wildman–Crippen MR) is 118 cm³/mol. The van der Waals surface area contributed by atoms with Gasteiger partial charge in [-0.25, -0.2) is 0 Å². The topological polar surface area (TPSA) is 88.9 Å². The molecule has 8 heteroatoms. The number of hydrogen-bond donors (Lipinski definition) is 2. The van der Waals surface area contributed by atoms with Crippen molar-refractivity contribution in [1.29, 1.82) is 0 Å². The van der Waals surface area contributed by atoms with Crippen LogP contribution in [0.25, 0.3) is 0 Å². The molecule has 1 aromatic heterocycles. The average molecular weight is 431 g/mol. The number of ether oxygens (including phenoxy) is 2. The lowest BCUT2D eigenvalue weighted by atomic mass is 9.97. The van der Waals surface area contributed by atoms with E-state index in [9.17, 15) is 9.90 Å². The predicted octanol–water partition coefficient (Wildman–Crippen LogP) is 1.69. The number of esters is 1. The molecule has 2 N–H and O–H groups in total. The lowest BCUT2D eigenvalue weighted by molar-refractivity contribution is -0.147. The van der Waals surface area contributed by atoms with Crippen LogP contribution >= 0.6 is 0 Å². The van der Waals surface area contributed by atoms with E-state index in [0.717, 1.165) is 63.3 Å². The van der Waals surface area contributed by atoms with Crippen molar-refractivity contribution in [3.05, 3.63) is 48.3 Å². The third-order valence-electron chi connectivity index (χ3n) is 5.56. The number of nitrogens with zero attached hydrogens (tertiary/aromatic N) is 3. The minimum Gasteiger partial charge on any atom is -0.491 e. The fourth-order valence-corrected chi connectivity index (χ4v) is 3.84. The number of aromatic nitrogens is 2. The van der Waals surface area contributed by atoms with Gasteiger partial charge in [-0.05, 0) is 62.7 Å². The maximum absolute atomic E-state index is 11.6. The minimum absolute atomic E-state index is 0.0171. The Morgan fingerprint density at radius 2 is 2.16 bits per heavy atom. The Bertz CT molecular complexity index is 776. The van der Waals surface area contributed by atoms with Crippen LogP contribution in [0.15, 0.2) is 42.7 Å². The number of likely N-dealkylation sites (tertiary alicyclic amines) is 1. The number of β-amino-alcohol motifs (C(OH)–C–C–N with tert-alkyl or cyclic N) is 1. The molecule has 0 radical (unpaired) electrons. The van der Waals surface area contributed by atoms with E-state index in [0.29, 0.717) is 6.54 Å². The van der Waals surface area contributed by atoms with Crippen LogP contribution in [0.2, 0.25) is 0 Å². The van der Waals surface area contributed by atoms with Gasteiger partial charge in [0.05, 0.1) is 13.0 Å². The first-order chi connectivity index (χ1) is 15.1. The molecule has 0 spiro atoms. The third-order valence-corrected chi connectivity index (χ3v) is 5.56. The smallest absolute Gasteiger partial charge is 0.308 e. The zero-order valence-corrected chi connectivity index (χ0v) is 18.3. The molecule has 1 fully saturated rings. The minimum atomic E-state index is -0.571. The van der Waals surface area contributed by atoms with Gasteiger partial charge in [-0.3, -0.25) is 9.48 Å². The van der Waals surface area contributed by atoms with E-state index in [1.165, 1.54) is 7.11 Å². The SMILES string of the molecule is COC(=O)C1CCN(CC(O)COc2cccc(CNCCCn3cccn3)c2)CC1. The number of aliphatic hydroxyl groups is 1. The Labute approximate surface area is 184 Å². The fourth-order valence-electron chi connectivity index (χ4n) is 3.84. The molecule has 1 aliphatic heterocycles. The Morgan fingerprint density at radius 3 is 2.90 bits per heavy atom. The Balaban J connectivity index is 1.31. The number of carbonyl (C=O) groups excluding carboxylic acids is 1. The second kappa shape index (κ2) is 12.4. The highest BCUT2D eigenvalue weighted by atomic mass is 16.5. The van der Waals surface area contributed by atoms with Crippen molar-refractivity contribution in [2.75, 3.05) is 39.9 Å². The van der Waals surface area contributed by atoms with Crippen LogP contribution in [0.5, 0.6) is 5.75 Å². The molecule has 0 saturated carbocycles. The van der Waals surface area contributed by atoms with Crippen LogP contribution < -0.4 is 10.1 Å². The van der Waals surface area contributed by atoms with Crippen molar-refractivity contribution < 1.29 is 19.4 Å². The van der Waals surface area contributed by atoms with Gasteiger partial charge in [0.25, 0.3) is 0 Å². The van der Waals surface area contributed by atoms with Gasteiger partial charge >= 0.3 is 5.97 Å². The number of carbonyl (C=O) groups is 1. The zero-order chi connectivity index (χ0) is 21.9. The van der Waals surface area contributed by atoms with Gasteiger partial charge in [0.1, 0.15) is 18.5 Å². The van der Waals surface area contributed by atoms with Gasteiger partial charge in [0, 0.05) is 32.0 Å². The van der Waals surface area contributed by atoms with Crippen LogP contribution in [0.4, 0.5) is 0 Å². The number of benzene rings is 1. The number of methoxy groups -OCH3 is 1. The van der Waals surface area contributed by atoms with Crippen molar-refractivity contribution in [1.82, 2.24) is 20.0 Å². The van der Waals surface area contributed by atoms with Crippen molar-refractivity contribution in [3.8, 4) is 5.75 Å². The fraction of sp³-hybridized carbons (Fsp3) is 0.565. The van der Waals surface area contributed by atoms with Crippen molar-refractivity contribution in [3.63, 3.8) is 0 Å². The van der Waals surface area contributed by atoms with Gasteiger partial charge in [0.2, 0.25) is 0 Å². The van der Waals surface area contributed by atoms with E-state index >= 15 is 0 Å². The van der Waals surface area contributed by atoms with Crippen molar-refractivity contribution >= 4 is 5.97 Å². The first-order valence-electron chi connectivity index (χ1n) is 11.0. The summed E-state index contributed by atoms with van der Waals surface area (Å²) >= 11 is 0. The summed E-state index contributed by atoms with van der Waals surface area (Å²) in [5.41, 5.74) is 1.15. The number of rotatable bonds is 12. The Hall–Kier alpha value is -2.42. The monoisotopic (exact) mass is 430 g/mol. The summed E-state index contributed by atoms with van der Waals surface area (Å²) in [5.74, 6) is 0.617. The second-order valence-electron chi connectivity index (χ2n) is 8.01. The van der Waals surface area contributed by atoms with Crippen molar-refractivity contribution in [2.45, 2.75) is 38.5 Å². The van der Waals surface area contributed by atoms with Crippen LogP contribution in [-0.4, -0.2) is 71.8 Å². The first kappa shape index (κ1) is 23.2. The molecule has 2 aromatic rings. The molecule has 0 amide bonds. The molecule has 1 aromatic carbocycles. The summed E-state index contributed by atoms with van der Waals surface area (Å²) in [4.78, 5) is 13.8. The Kier molecular flexibility index (Phi) is 9.33. The molecular formula is C23H34N4O4. The maximum Gasteiger partial charge on any atom is 0.308 e. The molecule has 2 heterocycles. The van der Waals surface area contributed by atoms with Gasteiger partial charge < -0.3 is 24.8 Å². The standard InChI is InChI=1S/C23H34N4O4/c1-30-23(29)20-7-13-26(14-8-20)17-21(28)18-31-22-6-2-5-19(15-22)16-24-9-3-11-27-12-4-10-25-27/h2,4-6,10,12,15,20-21,24,28H,3,7-9,11,13-14,16-18H2,1H3. The van der Waals surface area contributed by atoms with Gasteiger partial charge in [-0.15, -0.1) is 0 Å². The molecule has 0 bridgehead atoms. The van der Waals surface area contributed by atoms with Gasteiger partial charge in [0.15, 0.2) is 0 Å². The Morgan fingerprint density at radius 1 is 1.32 bits per heavy atom. The maximum atomic E-state index is 11.6. The molecular weight excluding hydrogens is 396 g/mol. The van der Waals surface area contributed by atoms with E-state index in [1.54, 1.807) is 6.20 Å². The molecule has 1 aliphatic rings. The molecule has 1 unspecified atom stereocenters. The molecule has 31 heavy (non-hydrogen) atoms. The van der Waals surface area contributed by atoms with Gasteiger partial charge in [-0.1, -0.05) is 12.1 Å². The van der Waals surface area contributed by atoms with Crippen LogP contribution in [0.1, 0.15) is 24.8 Å². The lowest BCUT2D eigenvalue weighted by Gasteiger charge is -2.31. The molecule has 1 atom stereocenters. The number of aliphatic hydroxyl groups excluding tert-OH is 1. The van der Waals surface area contributed by atoms with E-state index in [-0.39, 0.29) is 18.5 Å². The molecule has 8 nitrogen and oxygen atoms in total. The number of aryl methyl sites for hydroxylation is 1.